The van der Waals surface area contributed by atoms with Gasteiger partial charge in [0.25, 0.3) is 0 Å². The fraction of sp³-hybridized carbons (Fsp3) is 0.821. The van der Waals surface area contributed by atoms with Gasteiger partial charge in [0, 0.05) is 28.2 Å². The van der Waals surface area contributed by atoms with Crippen LogP contribution < -0.4 is 16.0 Å². The molecule has 0 spiro atoms. The fourth-order valence-corrected chi connectivity index (χ4v) is 6.42. The summed E-state index contributed by atoms with van der Waals surface area (Å²) in [6, 6.07) is -7.82. The quantitative estimate of drug-likeness (QED) is 0.230. The average molecular weight is 766 g/mol. The minimum absolute atomic E-state index is 0.0228. The molecule has 0 aliphatic carbocycles. The highest BCUT2D eigenvalue weighted by atomic mass is 16.3. The van der Waals surface area contributed by atoms with Gasteiger partial charge in [-0.15, -0.1) is 0 Å². The average Bonchev–Trinajstić information content (AvgIpc) is 3.12. The molecule has 1 aliphatic heterocycles. The lowest BCUT2D eigenvalue weighted by molar-refractivity contribution is -0.150. The summed E-state index contributed by atoms with van der Waals surface area (Å²) in [4.78, 5) is 102. The molecule has 15 heteroatoms. The Hall–Kier alpha value is -3.75. The third-order valence-electron chi connectivity index (χ3n) is 10.6. The van der Waals surface area contributed by atoms with Gasteiger partial charge in [-0.25, -0.2) is 0 Å². The molecule has 8 atom stereocenters. The Morgan fingerprint density at radius 2 is 1.02 bits per heavy atom. The molecule has 0 aromatic carbocycles. The molecule has 7 amide bonds. The molecule has 1 aliphatic rings. The van der Waals surface area contributed by atoms with Crippen molar-refractivity contribution in [3.05, 3.63) is 0 Å². The first-order valence-electron chi connectivity index (χ1n) is 19.7. The van der Waals surface area contributed by atoms with Crippen LogP contribution in [0.4, 0.5) is 0 Å². The molecule has 0 aromatic rings. The lowest BCUT2D eigenvalue weighted by atomic mass is 9.97. The number of aliphatic hydroxyl groups excluding tert-OH is 1. The van der Waals surface area contributed by atoms with Crippen molar-refractivity contribution in [1.29, 1.82) is 0 Å². The van der Waals surface area contributed by atoms with Crippen molar-refractivity contribution >= 4 is 41.4 Å². The Kier molecular flexibility index (Phi) is 19.6. The molecule has 310 valence electrons. The van der Waals surface area contributed by atoms with Crippen LogP contribution >= 0.6 is 0 Å². The monoisotopic (exact) mass is 766 g/mol. The zero-order valence-corrected chi connectivity index (χ0v) is 35.4. The lowest BCUT2D eigenvalue weighted by Crippen LogP contribution is -2.62. The first-order valence-corrected chi connectivity index (χ1v) is 19.7. The van der Waals surface area contributed by atoms with Crippen LogP contribution in [0.2, 0.25) is 0 Å². The number of nitrogens with zero attached hydrogens (tertiary/aromatic N) is 4. The van der Waals surface area contributed by atoms with Gasteiger partial charge in [-0.3, -0.25) is 33.6 Å². The maximum atomic E-state index is 14.1. The smallest absolute Gasteiger partial charge is 0.245 e. The van der Waals surface area contributed by atoms with E-state index in [9.17, 15) is 38.7 Å². The Morgan fingerprint density at radius 1 is 0.556 bits per heavy atom. The van der Waals surface area contributed by atoms with Crippen LogP contribution in [0.25, 0.3) is 0 Å². The van der Waals surface area contributed by atoms with E-state index in [1.165, 1.54) is 56.7 Å². The molecular formula is C39H71N7O8. The second kappa shape index (κ2) is 22.0. The molecule has 54 heavy (non-hydrogen) atoms. The van der Waals surface area contributed by atoms with E-state index in [0.29, 0.717) is 6.42 Å². The van der Waals surface area contributed by atoms with Crippen LogP contribution in [-0.4, -0.2) is 143 Å². The molecule has 1 rings (SSSR count). The van der Waals surface area contributed by atoms with Crippen LogP contribution in [0.5, 0.6) is 0 Å². The SMILES string of the molecule is CCCCCC[C@H]1NC(=O)[C@@H]([C@H](O)C(C)C)NC(=O)[C@@H](C)N(C)C(=O)[C@H](C)N(C)C(=O)[C@H](CC(C)C)NC(=O)[C@H](CC(C)C)N(C)C(=O)[C@H](C)N(C)C1=O. The Labute approximate surface area is 323 Å². The van der Waals surface area contributed by atoms with Crippen LogP contribution in [0.1, 0.15) is 114 Å². The van der Waals surface area contributed by atoms with Gasteiger partial charge < -0.3 is 40.7 Å². The van der Waals surface area contributed by atoms with Crippen LogP contribution in [0.3, 0.4) is 0 Å². The molecule has 4 N–H and O–H groups in total. The summed E-state index contributed by atoms with van der Waals surface area (Å²) >= 11 is 0. The maximum Gasteiger partial charge on any atom is 0.245 e. The molecule has 0 unspecified atom stereocenters. The Bertz CT molecular complexity index is 1310. The van der Waals surface area contributed by atoms with Crippen molar-refractivity contribution in [2.45, 2.75) is 163 Å². The molecule has 1 saturated heterocycles. The van der Waals surface area contributed by atoms with Crippen molar-refractivity contribution in [2.24, 2.45) is 17.8 Å². The molecule has 0 radical (unpaired) electrons. The van der Waals surface area contributed by atoms with Crippen molar-refractivity contribution in [3.63, 3.8) is 0 Å². The number of nitrogens with one attached hydrogen (secondary N) is 3. The van der Waals surface area contributed by atoms with Gasteiger partial charge in [0.2, 0.25) is 41.4 Å². The van der Waals surface area contributed by atoms with Gasteiger partial charge in [0.05, 0.1) is 6.10 Å². The highest BCUT2D eigenvalue weighted by Gasteiger charge is 2.40. The largest absolute Gasteiger partial charge is 0.390 e. The molecule has 0 bridgehead atoms. The van der Waals surface area contributed by atoms with E-state index < -0.39 is 95.7 Å². The first-order chi connectivity index (χ1) is 25.0. The molecule has 1 fully saturated rings. The van der Waals surface area contributed by atoms with Crippen molar-refractivity contribution in [2.75, 3.05) is 28.2 Å². The van der Waals surface area contributed by atoms with E-state index in [0.717, 1.165) is 24.2 Å². The Balaban J connectivity index is 3.90. The highest BCUT2D eigenvalue weighted by Crippen LogP contribution is 2.19. The Morgan fingerprint density at radius 3 is 1.50 bits per heavy atom. The third-order valence-corrected chi connectivity index (χ3v) is 10.6. The molecule has 0 saturated carbocycles. The van der Waals surface area contributed by atoms with Crippen molar-refractivity contribution < 1.29 is 38.7 Å². The second-order valence-electron chi connectivity index (χ2n) is 16.3. The first kappa shape index (κ1) is 48.3. The molecule has 15 nitrogen and oxygen atoms in total. The lowest BCUT2D eigenvalue weighted by Gasteiger charge is -2.36. The summed E-state index contributed by atoms with van der Waals surface area (Å²) in [5.41, 5.74) is 0. The van der Waals surface area contributed by atoms with Gasteiger partial charge >= 0.3 is 0 Å². The second-order valence-corrected chi connectivity index (χ2v) is 16.3. The standard InChI is InChI=1S/C39H71N7O8/c1-15-16-17-18-19-28-38(53)44(12)27(10)37(52)46(14)30(21-23(4)5)34(49)41-29(20-22(2)3)39(54)45(13)26(9)36(51)43(11)25(8)33(48)42-31(35(50)40-28)32(47)24(6)7/h22-32,47H,15-21H2,1-14H3,(H,40,50)(H,41,49)(H,42,48)/t25-,26+,27+,28-,29+,30+,31-,32-/m1/s1. The number of likely N-dealkylation sites (N-methyl/N-ethyl adjacent to an activating group) is 4. The summed E-state index contributed by atoms with van der Waals surface area (Å²) in [5, 5.41) is 19.4. The van der Waals surface area contributed by atoms with E-state index >= 15 is 0 Å². The number of unbranched alkanes of at least 4 members (excludes halogenated alkanes) is 3. The molecular weight excluding hydrogens is 694 g/mol. The number of hydrogen-bond acceptors (Lipinski definition) is 8. The van der Waals surface area contributed by atoms with E-state index in [4.69, 9.17) is 0 Å². The van der Waals surface area contributed by atoms with E-state index in [1.54, 1.807) is 20.8 Å². The fourth-order valence-electron chi connectivity index (χ4n) is 6.42. The van der Waals surface area contributed by atoms with E-state index in [-0.39, 0.29) is 31.1 Å². The number of aliphatic hydroxyl groups is 1. The number of rotatable bonds is 11. The summed E-state index contributed by atoms with van der Waals surface area (Å²) in [6.07, 6.45) is 2.66. The zero-order chi connectivity index (χ0) is 41.8. The topological polar surface area (TPSA) is 189 Å². The minimum Gasteiger partial charge on any atom is -0.390 e. The van der Waals surface area contributed by atoms with Crippen LogP contribution in [0.15, 0.2) is 0 Å². The molecule has 0 aromatic heterocycles. The maximum absolute atomic E-state index is 14.1. The number of carbonyl (C=O) groups excluding carboxylic acids is 7. The van der Waals surface area contributed by atoms with Crippen molar-refractivity contribution in [1.82, 2.24) is 35.6 Å². The highest BCUT2D eigenvalue weighted by molar-refractivity contribution is 5.98. The predicted molar refractivity (Wildman–Crippen MR) is 208 cm³/mol. The summed E-state index contributed by atoms with van der Waals surface area (Å²) < 4.78 is 0. The van der Waals surface area contributed by atoms with Gasteiger partial charge in [0.15, 0.2) is 0 Å². The normalized spacial score (nSPS) is 27.4. The zero-order valence-electron chi connectivity index (χ0n) is 35.4. The number of carbonyl (C=O) groups is 7. The van der Waals surface area contributed by atoms with Gasteiger partial charge in [-0.05, 0) is 57.8 Å². The van der Waals surface area contributed by atoms with Gasteiger partial charge in [-0.2, -0.15) is 0 Å². The molecule has 1 heterocycles. The van der Waals surface area contributed by atoms with Crippen LogP contribution in [-0.2, 0) is 33.6 Å². The summed E-state index contributed by atoms with van der Waals surface area (Å²) in [5.74, 6) is -4.76. The minimum atomic E-state index is -1.48. The number of amides is 7. The third kappa shape index (κ3) is 13.2. The summed E-state index contributed by atoms with van der Waals surface area (Å²) in [7, 11) is 5.81. The van der Waals surface area contributed by atoms with E-state index in [2.05, 4.69) is 16.0 Å². The van der Waals surface area contributed by atoms with Crippen LogP contribution in [0, 0.1) is 17.8 Å². The number of hydrogen-bond donors (Lipinski definition) is 4. The van der Waals surface area contributed by atoms with E-state index in [1.807, 2.05) is 34.6 Å². The van der Waals surface area contributed by atoms with Gasteiger partial charge in [-0.1, -0.05) is 74.1 Å². The van der Waals surface area contributed by atoms with Crippen molar-refractivity contribution in [3.8, 4) is 0 Å². The van der Waals surface area contributed by atoms with Gasteiger partial charge in [0.1, 0.15) is 42.3 Å². The predicted octanol–water partition coefficient (Wildman–Crippen LogP) is 1.90. The summed E-state index contributed by atoms with van der Waals surface area (Å²) in [6.45, 7) is 17.6.